The third-order valence-electron chi connectivity index (χ3n) is 5.98. The lowest BCUT2D eigenvalue weighted by atomic mass is 9.92. The van der Waals surface area contributed by atoms with Gasteiger partial charge in [-0.15, -0.1) is 0 Å². The standard InChI is InChI=1S/C23H28N4O5/c1-14-6-7-16(22(29)26-17-4-2-3-5-19(17)28)11-18(14)24-12-15-10-20-21(25-13-15)27(23(30)31)8-9-32-20/h6-7,10-11,13,17,19,24,28H,2-5,8-9,12H2,1H3,(H,26,29)(H,30,31)/t17-,19-/m0/s1. The second kappa shape index (κ2) is 9.44. The highest BCUT2D eigenvalue weighted by Gasteiger charge is 2.26. The molecule has 1 fully saturated rings. The van der Waals surface area contributed by atoms with Crippen LogP contribution in [0.25, 0.3) is 0 Å². The minimum Gasteiger partial charge on any atom is -0.488 e. The molecule has 1 saturated carbocycles. The van der Waals surface area contributed by atoms with E-state index in [0.29, 0.717) is 30.1 Å². The highest BCUT2D eigenvalue weighted by atomic mass is 16.5. The number of fused-ring (bicyclic) bond motifs is 1. The zero-order valence-corrected chi connectivity index (χ0v) is 18.0. The molecule has 2 aliphatic rings. The maximum Gasteiger partial charge on any atom is 0.413 e. The summed E-state index contributed by atoms with van der Waals surface area (Å²) in [5, 5.41) is 25.7. The Balaban J connectivity index is 1.43. The molecular formula is C23H28N4O5. The lowest BCUT2D eigenvalue weighted by Crippen LogP contribution is -2.45. The molecule has 0 saturated heterocycles. The van der Waals surface area contributed by atoms with Crippen LogP contribution in [-0.2, 0) is 6.54 Å². The smallest absolute Gasteiger partial charge is 0.413 e. The number of aryl methyl sites for hydroxylation is 1. The number of hydrogen-bond donors (Lipinski definition) is 4. The van der Waals surface area contributed by atoms with Crippen molar-refractivity contribution >= 4 is 23.5 Å². The Hall–Kier alpha value is -3.33. The van der Waals surface area contributed by atoms with Crippen molar-refractivity contribution < 1.29 is 24.5 Å². The summed E-state index contributed by atoms with van der Waals surface area (Å²) >= 11 is 0. The van der Waals surface area contributed by atoms with Crippen LogP contribution in [0, 0.1) is 6.92 Å². The second-order valence-corrected chi connectivity index (χ2v) is 8.26. The SMILES string of the molecule is Cc1ccc(C(=O)N[C@H]2CCCC[C@@H]2O)cc1NCc1cnc2c(c1)OCCN2C(=O)O. The second-order valence-electron chi connectivity index (χ2n) is 8.26. The van der Waals surface area contributed by atoms with Crippen molar-refractivity contribution in [3.8, 4) is 5.75 Å². The molecule has 2 atom stereocenters. The van der Waals surface area contributed by atoms with E-state index in [4.69, 9.17) is 4.74 Å². The van der Waals surface area contributed by atoms with Gasteiger partial charge in [-0.25, -0.2) is 9.78 Å². The molecule has 4 N–H and O–H groups in total. The minimum absolute atomic E-state index is 0.198. The molecule has 1 aromatic heterocycles. The fraction of sp³-hybridized carbons (Fsp3) is 0.435. The van der Waals surface area contributed by atoms with Crippen LogP contribution in [0.5, 0.6) is 5.75 Å². The lowest BCUT2D eigenvalue weighted by molar-refractivity contribution is 0.0717. The predicted molar refractivity (Wildman–Crippen MR) is 119 cm³/mol. The number of anilines is 2. The Kier molecular flexibility index (Phi) is 6.45. The van der Waals surface area contributed by atoms with Gasteiger partial charge in [0.05, 0.1) is 18.7 Å². The number of aliphatic hydroxyl groups excluding tert-OH is 1. The first-order valence-corrected chi connectivity index (χ1v) is 10.9. The van der Waals surface area contributed by atoms with E-state index >= 15 is 0 Å². The van der Waals surface area contributed by atoms with Gasteiger partial charge < -0.3 is 25.6 Å². The number of nitrogens with zero attached hydrogens (tertiary/aromatic N) is 2. The summed E-state index contributed by atoms with van der Waals surface area (Å²) in [6.45, 7) is 2.92. The van der Waals surface area contributed by atoms with Crippen LogP contribution in [0.4, 0.5) is 16.3 Å². The summed E-state index contributed by atoms with van der Waals surface area (Å²) in [4.78, 5) is 29.5. The number of rotatable bonds is 5. The van der Waals surface area contributed by atoms with E-state index in [1.165, 1.54) is 4.90 Å². The van der Waals surface area contributed by atoms with E-state index in [2.05, 4.69) is 15.6 Å². The molecule has 0 spiro atoms. The van der Waals surface area contributed by atoms with Crippen LogP contribution in [0.1, 0.15) is 47.2 Å². The summed E-state index contributed by atoms with van der Waals surface area (Å²) < 4.78 is 5.58. The molecule has 0 unspecified atom stereocenters. The number of aromatic nitrogens is 1. The van der Waals surface area contributed by atoms with E-state index in [1.807, 2.05) is 13.0 Å². The van der Waals surface area contributed by atoms with Crippen molar-refractivity contribution in [3.63, 3.8) is 0 Å². The molecule has 32 heavy (non-hydrogen) atoms. The number of ether oxygens (including phenoxy) is 1. The normalized spacial score (nSPS) is 20.1. The number of pyridine rings is 1. The maximum absolute atomic E-state index is 12.7. The van der Waals surface area contributed by atoms with Crippen molar-refractivity contribution in [2.75, 3.05) is 23.4 Å². The molecule has 1 aliphatic heterocycles. The highest BCUT2D eigenvalue weighted by Crippen LogP contribution is 2.30. The molecule has 2 amide bonds. The van der Waals surface area contributed by atoms with Gasteiger partial charge in [-0.2, -0.15) is 0 Å². The number of aliphatic hydroxyl groups is 1. The number of carboxylic acid groups (broad SMARTS) is 1. The number of nitrogens with one attached hydrogen (secondary N) is 2. The molecule has 2 aromatic rings. The lowest BCUT2D eigenvalue weighted by Gasteiger charge is -2.28. The van der Waals surface area contributed by atoms with Gasteiger partial charge in [0, 0.05) is 24.0 Å². The minimum atomic E-state index is -1.06. The fourth-order valence-electron chi connectivity index (χ4n) is 4.10. The predicted octanol–water partition coefficient (Wildman–Crippen LogP) is 2.91. The first kappa shape index (κ1) is 21.9. The van der Waals surface area contributed by atoms with Crippen molar-refractivity contribution in [1.82, 2.24) is 10.3 Å². The van der Waals surface area contributed by atoms with Crippen LogP contribution in [0.15, 0.2) is 30.5 Å². The molecule has 0 bridgehead atoms. The third kappa shape index (κ3) is 4.77. The molecule has 4 rings (SSSR count). The van der Waals surface area contributed by atoms with Gasteiger partial charge in [-0.1, -0.05) is 18.9 Å². The Morgan fingerprint density at radius 3 is 2.84 bits per heavy atom. The zero-order chi connectivity index (χ0) is 22.7. The highest BCUT2D eigenvalue weighted by molar-refractivity contribution is 5.95. The molecule has 2 heterocycles. The largest absolute Gasteiger partial charge is 0.488 e. The molecule has 9 heteroatoms. The Bertz CT molecular complexity index is 1010. The van der Waals surface area contributed by atoms with Gasteiger partial charge >= 0.3 is 6.09 Å². The monoisotopic (exact) mass is 440 g/mol. The van der Waals surface area contributed by atoms with E-state index in [1.54, 1.807) is 24.4 Å². The number of benzene rings is 1. The Morgan fingerprint density at radius 1 is 1.25 bits per heavy atom. The summed E-state index contributed by atoms with van der Waals surface area (Å²) in [5.74, 6) is 0.540. The van der Waals surface area contributed by atoms with Gasteiger partial charge in [0.1, 0.15) is 6.61 Å². The van der Waals surface area contributed by atoms with E-state index < -0.39 is 12.2 Å². The molecule has 0 radical (unpaired) electrons. The molecule has 1 aliphatic carbocycles. The zero-order valence-electron chi connectivity index (χ0n) is 18.0. The number of hydrogen-bond acceptors (Lipinski definition) is 6. The third-order valence-corrected chi connectivity index (χ3v) is 5.98. The quantitative estimate of drug-likeness (QED) is 0.563. The maximum atomic E-state index is 12.7. The van der Waals surface area contributed by atoms with Gasteiger partial charge in [0.2, 0.25) is 0 Å². The summed E-state index contributed by atoms with van der Waals surface area (Å²) in [6, 6.07) is 7.03. The molecule has 9 nitrogen and oxygen atoms in total. The summed E-state index contributed by atoms with van der Waals surface area (Å²) in [7, 11) is 0. The number of carbonyl (C=O) groups is 2. The van der Waals surface area contributed by atoms with Crippen LogP contribution >= 0.6 is 0 Å². The summed E-state index contributed by atoms with van der Waals surface area (Å²) in [6.07, 6.45) is 3.57. The van der Waals surface area contributed by atoms with Crippen LogP contribution < -0.4 is 20.3 Å². The first-order valence-electron chi connectivity index (χ1n) is 10.9. The average molecular weight is 441 g/mol. The topological polar surface area (TPSA) is 124 Å². The van der Waals surface area contributed by atoms with Gasteiger partial charge in [-0.3, -0.25) is 9.69 Å². The molecular weight excluding hydrogens is 412 g/mol. The Labute approximate surface area is 186 Å². The van der Waals surface area contributed by atoms with Crippen molar-refractivity contribution in [2.45, 2.75) is 51.3 Å². The van der Waals surface area contributed by atoms with Gasteiger partial charge in [0.25, 0.3) is 5.91 Å². The first-order chi connectivity index (χ1) is 15.4. The molecule has 170 valence electrons. The fourth-order valence-corrected chi connectivity index (χ4v) is 4.10. The average Bonchev–Trinajstić information content (AvgIpc) is 2.79. The van der Waals surface area contributed by atoms with Crippen LogP contribution in [0.3, 0.4) is 0 Å². The Morgan fingerprint density at radius 2 is 2.06 bits per heavy atom. The van der Waals surface area contributed by atoms with Crippen molar-refractivity contribution in [1.29, 1.82) is 0 Å². The van der Waals surface area contributed by atoms with Gasteiger partial charge in [-0.05, 0) is 49.1 Å². The molecule has 1 aromatic carbocycles. The number of carbonyl (C=O) groups excluding carboxylic acids is 1. The van der Waals surface area contributed by atoms with Crippen LogP contribution in [-0.4, -0.2) is 52.5 Å². The number of amides is 2. The van der Waals surface area contributed by atoms with Crippen molar-refractivity contribution in [2.24, 2.45) is 0 Å². The van der Waals surface area contributed by atoms with Crippen LogP contribution in [0.2, 0.25) is 0 Å². The van der Waals surface area contributed by atoms with E-state index in [9.17, 15) is 19.8 Å². The van der Waals surface area contributed by atoms with Gasteiger partial charge in [0.15, 0.2) is 11.6 Å². The van der Waals surface area contributed by atoms with Crippen molar-refractivity contribution in [3.05, 3.63) is 47.2 Å². The summed E-state index contributed by atoms with van der Waals surface area (Å²) in [5.41, 5.74) is 3.15. The van der Waals surface area contributed by atoms with E-state index in [-0.39, 0.29) is 25.1 Å². The van der Waals surface area contributed by atoms with E-state index in [0.717, 1.165) is 36.1 Å².